The minimum absolute atomic E-state index is 0.579. The van der Waals surface area contributed by atoms with Crippen molar-refractivity contribution in [2.45, 2.75) is 19.4 Å². The lowest BCUT2D eigenvalue weighted by atomic mass is 10.1. The summed E-state index contributed by atoms with van der Waals surface area (Å²) in [5.74, 6) is 0.579. The Morgan fingerprint density at radius 3 is 2.42 bits per heavy atom. The summed E-state index contributed by atoms with van der Waals surface area (Å²) >= 11 is 1.61. The van der Waals surface area contributed by atoms with Gasteiger partial charge in [0.15, 0.2) is 0 Å². The maximum absolute atomic E-state index is 6.04. The van der Waals surface area contributed by atoms with Crippen molar-refractivity contribution in [2.75, 3.05) is 13.6 Å². The van der Waals surface area contributed by atoms with E-state index in [0.717, 1.165) is 36.5 Å². The molecule has 0 bridgehead atoms. The molecule has 0 aliphatic rings. The molecule has 26 heavy (non-hydrogen) atoms. The number of nitrogens with two attached hydrogens (primary N) is 1. The Balaban J connectivity index is 1.46. The topological polar surface area (TPSA) is 41.6 Å². The van der Waals surface area contributed by atoms with E-state index < -0.39 is 0 Å². The summed E-state index contributed by atoms with van der Waals surface area (Å²) in [6, 6.07) is 23.0. The molecule has 4 heteroatoms. The molecule has 3 aromatic rings. The van der Waals surface area contributed by atoms with E-state index in [-0.39, 0.29) is 0 Å². The molecular weight excluding hydrogens is 338 g/mol. The van der Waals surface area contributed by atoms with Crippen molar-refractivity contribution < 1.29 is 0 Å². The van der Waals surface area contributed by atoms with E-state index in [2.05, 4.69) is 59.4 Å². The minimum Gasteiger partial charge on any atom is -0.383 e. The second kappa shape index (κ2) is 9.32. The standard InChI is InChI=1S/C22H25N3S/c1-25(17-19-7-3-2-4-8-19)15-5-9-18-11-13-20(14-12-18)24-22(23)21-10-6-16-26-21/h2-4,6-8,10-14,16H,5,9,15,17H2,1H3,(H2,23,24). The lowest BCUT2D eigenvalue weighted by Gasteiger charge is -2.16. The molecule has 0 saturated carbocycles. The highest BCUT2D eigenvalue weighted by Crippen LogP contribution is 2.17. The third-order valence-corrected chi connectivity index (χ3v) is 5.15. The van der Waals surface area contributed by atoms with Crippen molar-refractivity contribution in [1.29, 1.82) is 0 Å². The number of nitrogens with zero attached hydrogens (tertiary/aromatic N) is 2. The van der Waals surface area contributed by atoms with Crippen LogP contribution in [-0.2, 0) is 13.0 Å². The number of hydrogen-bond acceptors (Lipinski definition) is 3. The second-order valence-electron chi connectivity index (χ2n) is 6.47. The number of aliphatic imine (C=N–C) groups is 1. The zero-order valence-corrected chi connectivity index (χ0v) is 16.0. The van der Waals surface area contributed by atoms with Gasteiger partial charge in [0.2, 0.25) is 0 Å². The third-order valence-electron chi connectivity index (χ3n) is 4.26. The molecule has 0 radical (unpaired) electrons. The normalized spacial score (nSPS) is 11.8. The van der Waals surface area contributed by atoms with Crippen LogP contribution in [0.1, 0.15) is 22.4 Å². The van der Waals surface area contributed by atoms with E-state index in [1.54, 1.807) is 11.3 Å². The average molecular weight is 364 g/mol. The first-order valence-electron chi connectivity index (χ1n) is 8.90. The molecule has 2 N–H and O–H groups in total. The predicted molar refractivity (Wildman–Crippen MR) is 112 cm³/mol. The summed E-state index contributed by atoms with van der Waals surface area (Å²) in [4.78, 5) is 7.88. The Hall–Kier alpha value is -2.43. The Morgan fingerprint density at radius 1 is 0.962 bits per heavy atom. The van der Waals surface area contributed by atoms with E-state index in [1.807, 2.05) is 29.6 Å². The van der Waals surface area contributed by atoms with E-state index in [0.29, 0.717) is 5.84 Å². The van der Waals surface area contributed by atoms with Crippen LogP contribution in [0.3, 0.4) is 0 Å². The number of amidine groups is 1. The molecule has 0 aliphatic heterocycles. The number of thiophene rings is 1. The number of rotatable bonds is 8. The van der Waals surface area contributed by atoms with E-state index in [4.69, 9.17) is 5.73 Å². The second-order valence-corrected chi connectivity index (χ2v) is 7.42. The van der Waals surface area contributed by atoms with Gasteiger partial charge in [-0.25, -0.2) is 4.99 Å². The van der Waals surface area contributed by atoms with Crippen molar-refractivity contribution in [3.05, 3.63) is 88.1 Å². The molecule has 3 rings (SSSR count). The SMILES string of the molecule is CN(CCCc1ccc(N=C(N)c2cccs2)cc1)Cc1ccccc1. The molecule has 0 atom stereocenters. The zero-order valence-electron chi connectivity index (χ0n) is 15.1. The highest BCUT2D eigenvalue weighted by Gasteiger charge is 2.02. The first-order valence-corrected chi connectivity index (χ1v) is 9.78. The van der Waals surface area contributed by atoms with Crippen molar-refractivity contribution in [3.8, 4) is 0 Å². The van der Waals surface area contributed by atoms with Gasteiger partial charge in [0.1, 0.15) is 5.84 Å². The summed E-state index contributed by atoms with van der Waals surface area (Å²) in [5.41, 5.74) is 9.65. The third kappa shape index (κ3) is 5.55. The van der Waals surface area contributed by atoms with Crippen LogP contribution >= 0.6 is 11.3 Å². The zero-order chi connectivity index (χ0) is 18.2. The van der Waals surface area contributed by atoms with Crippen molar-refractivity contribution in [1.82, 2.24) is 4.90 Å². The molecule has 0 amide bonds. The Labute approximate surface area is 159 Å². The van der Waals surface area contributed by atoms with E-state index in [1.165, 1.54) is 11.1 Å². The van der Waals surface area contributed by atoms with Crippen LogP contribution in [0.15, 0.2) is 77.1 Å². The van der Waals surface area contributed by atoms with Gasteiger partial charge in [-0.3, -0.25) is 0 Å². The molecule has 0 aliphatic carbocycles. The van der Waals surface area contributed by atoms with Gasteiger partial charge in [-0.2, -0.15) is 0 Å². The smallest absolute Gasteiger partial charge is 0.141 e. The summed E-state index contributed by atoms with van der Waals surface area (Å²) in [6.45, 7) is 2.08. The molecule has 1 aromatic heterocycles. The average Bonchev–Trinajstić information content (AvgIpc) is 3.19. The van der Waals surface area contributed by atoms with Gasteiger partial charge in [-0.15, -0.1) is 11.3 Å². The Kier molecular flexibility index (Phi) is 6.58. The molecule has 134 valence electrons. The fraction of sp³-hybridized carbons (Fsp3) is 0.227. The fourth-order valence-corrected chi connectivity index (χ4v) is 3.51. The lowest BCUT2D eigenvalue weighted by Crippen LogP contribution is -2.19. The van der Waals surface area contributed by atoms with Crippen LogP contribution in [0.4, 0.5) is 5.69 Å². The number of aryl methyl sites for hydroxylation is 1. The van der Waals surface area contributed by atoms with Crippen molar-refractivity contribution in [2.24, 2.45) is 10.7 Å². The summed E-state index contributed by atoms with van der Waals surface area (Å²) in [7, 11) is 2.18. The maximum Gasteiger partial charge on any atom is 0.141 e. The largest absolute Gasteiger partial charge is 0.383 e. The first-order chi connectivity index (χ1) is 12.7. The molecule has 3 nitrogen and oxygen atoms in total. The number of hydrogen-bond donors (Lipinski definition) is 1. The summed E-state index contributed by atoms with van der Waals surface area (Å²) in [5, 5.41) is 2.01. The van der Waals surface area contributed by atoms with Crippen molar-refractivity contribution in [3.63, 3.8) is 0 Å². The van der Waals surface area contributed by atoms with Gasteiger partial charge in [-0.05, 0) is 61.1 Å². The lowest BCUT2D eigenvalue weighted by molar-refractivity contribution is 0.322. The van der Waals surface area contributed by atoms with E-state index >= 15 is 0 Å². The van der Waals surface area contributed by atoms with Crippen LogP contribution in [0.2, 0.25) is 0 Å². The van der Waals surface area contributed by atoms with E-state index in [9.17, 15) is 0 Å². The molecule has 0 saturated heterocycles. The quantitative estimate of drug-likeness (QED) is 0.459. The Morgan fingerprint density at radius 2 is 1.73 bits per heavy atom. The monoisotopic (exact) mass is 363 g/mol. The van der Waals surface area contributed by atoms with Crippen LogP contribution in [-0.4, -0.2) is 24.3 Å². The molecular formula is C22H25N3S. The fourth-order valence-electron chi connectivity index (χ4n) is 2.88. The highest BCUT2D eigenvalue weighted by atomic mass is 32.1. The molecule has 0 fully saturated rings. The van der Waals surface area contributed by atoms with Gasteiger partial charge in [0, 0.05) is 6.54 Å². The van der Waals surface area contributed by atoms with Crippen molar-refractivity contribution >= 4 is 22.9 Å². The van der Waals surface area contributed by atoms with Gasteiger partial charge in [0.25, 0.3) is 0 Å². The highest BCUT2D eigenvalue weighted by molar-refractivity contribution is 7.12. The Bertz CT molecular complexity index is 808. The molecule has 0 unspecified atom stereocenters. The van der Waals surface area contributed by atoms with Gasteiger partial charge in [-0.1, -0.05) is 48.5 Å². The summed E-state index contributed by atoms with van der Waals surface area (Å²) in [6.07, 6.45) is 2.22. The van der Waals surface area contributed by atoms with Gasteiger partial charge in [0.05, 0.1) is 10.6 Å². The van der Waals surface area contributed by atoms with Crippen LogP contribution < -0.4 is 5.73 Å². The predicted octanol–water partition coefficient (Wildman–Crippen LogP) is 4.85. The van der Waals surface area contributed by atoms with Crippen LogP contribution in [0.25, 0.3) is 0 Å². The van der Waals surface area contributed by atoms with Crippen LogP contribution in [0, 0.1) is 0 Å². The van der Waals surface area contributed by atoms with Gasteiger partial charge < -0.3 is 10.6 Å². The number of benzene rings is 2. The first kappa shape index (κ1) is 18.4. The summed E-state index contributed by atoms with van der Waals surface area (Å²) < 4.78 is 0. The molecule has 1 heterocycles. The maximum atomic E-state index is 6.04. The molecule has 2 aromatic carbocycles. The minimum atomic E-state index is 0.579. The van der Waals surface area contributed by atoms with Crippen LogP contribution in [0.5, 0.6) is 0 Å². The van der Waals surface area contributed by atoms with Gasteiger partial charge >= 0.3 is 0 Å². The molecule has 0 spiro atoms.